The van der Waals surface area contributed by atoms with Crippen molar-refractivity contribution in [3.63, 3.8) is 0 Å². The van der Waals surface area contributed by atoms with Gasteiger partial charge in [0.1, 0.15) is 0 Å². The predicted octanol–water partition coefficient (Wildman–Crippen LogP) is 2.89. The molecule has 1 aliphatic rings. The molecule has 3 N–H and O–H groups in total. The summed E-state index contributed by atoms with van der Waals surface area (Å²) in [5.74, 6) is 1.60. The summed E-state index contributed by atoms with van der Waals surface area (Å²) in [6, 6.07) is 9.50. The van der Waals surface area contributed by atoms with Crippen LogP contribution in [-0.2, 0) is 11.2 Å². The molecule has 0 aliphatic heterocycles. The average Bonchev–Trinajstić information content (AvgIpc) is 2.48. The standard InChI is InChI=1S/C18H28N2O/c1-14-6-5-9-16(12-14)10-11-20-18(21)17(19)13-15-7-3-2-4-8-15/h2-4,7-8,14,16-17H,5-6,9-13,19H2,1H3,(H,20,21)/t14?,16?,17-/m0/s1. The quantitative estimate of drug-likeness (QED) is 0.845. The van der Waals surface area contributed by atoms with Gasteiger partial charge in [0.05, 0.1) is 6.04 Å². The van der Waals surface area contributed by atoms with E-state index in [1.54, 1.807) is 0 Å². The molecule has 0 aromatic heterocycles. The van der Waals surface area contributed by atoms with Gasteiger partial charge in [0.15, 0.2) is 0 Å². The topological polar surface area (TPSA) is 55.1 Å². The van der Waals surface area contributed by atoms with Gasteiger partial charge in [0.2, 0.25) is 5.91 Å². The van der Waals surface area contributed by atoms with E-state index in [2.05, 4.69) is 12.2 Å². The van der Waals surface area contributed by atoms with Crippen molar-refractivity contribution in [1.29, 1.82) is 0 Å². The molecule has 0 heterocycles. The minimum atomic E-state index is -0.447. The summed E-state index contributed by atoms with van der Waals surface area (Å²) in [5.41, 5.74) is 7.09. The third-order valence-corrected chi connectivity index (χ3v) is 4.53. The van der Waals surface area contributed by atoms with E-state index in [9.17, 15) is 4.79 Å². The van der Waals surface area contributed by atoms with Gasteiger partial charge in [-0.15, -0.1) is 0 Å². The van der Waals surface area contributed by atoms with Crippen LogP contribution in [0.1, 0.15) is 44.6 Å². The van der Waals surface area contributed by atoms with Crippen molar-refractivity contribution in [2.75, 3.05) is 6.54 Å². The minimum absolute atomic E-state index is 0.0253. The van der Waals surface area contributed by atoms with Crippen LogP contribution in [0.25, 0.3) is 0 Å². The largest absolute Gasteiger partial charge is 0.355 e. The van der Waals surface area contributed by atoms with Gasteiger partial charge in [-0.25, -0.2) is 0 Å². The molecule has 0 bridgehead atoms. The van der Waals surface area contributed by atoms with Crippen LogP contribution in [0.2, 0.25) is 0 Å². The van der Waals surface area contributed by atoms with Crippen molar-refractivity contribution in [3.05, 3.63) is 35.9 Å². The monoisotopic (exact) mass is 288 g/mol. The summed E-state index contributed by atoms with van der Waals surface area (Å²) in [7, 11) is 0. The van der Waals surface area contributed by atoms with E-state index in [0.717, 1.165) is 30.4 Å². The van der Waals surface area contributed by atoms with E-state index in [1.807, 2.05) is 30.3 Å². The third-order valence-electron chi connectivity index (χ3n) is 4.53. The van der Waals surface area contributed by atoms with Crippen LogP contribution in [0.5, 0.6) is 0 Å². The Morgan fingerprint density at radius 3 is 2.81 bits per heavy atom. The van der Waals surface area contributed by atoms with Gasteiger partial charge in [0.25, 0.3) is 0 Å². The molecule has 1 aromatic rings. The molecular formula is C18H28N2O. The SMILES string of the molecule is CC1CCCC(CCNC(=O)[C@@H](N)Cc2ccccc2)C1. The zero-order valence-electron chi connectivity index (χ0n) is 13.1. The van der Waals surface area contributed by atoms with Gasteiger partial charge < -0.3 is 11.1 Å². The third kappa shape index (κ3) is 5.50. The molecule has 1 fully saturated rings. The Labute approximate surface area is 128 Å². The van der Waals surface area contributed by atoms with Crippen molar-refractivity contribution in [3.8, 4) is 0 Å². The van der Waals surface area contributed by atoms with Crippen LogP contribution in [-0.4, -0.2) is 18.5 Å². The van der Waals surface area contributed by atoms with E-state index >= 15 is 0 Å². The number of hydrogen-bond acceptors (Lipinski definition) is 2. The summed E-state index contributed by atoms with van der Waals surface area (Å²) >= 11 is 0. The molecule has 3 atom stereocenters. The zero-order chi connectivity index (χ0) is 15.1. The maximum Gasteiger partial charge on any atom is 0.237 e. The first-order valence-electron chi connectivity index (χ1n) is 8.22. The number of carbonyl (C=O) groups excluding carboxylic acids is 1. The minimum Gasteiger partial charge on any atom is -0.355 e. The van der Waals surface area contributed by atoms with Crippen molar-refractivity contribution < 1.29 is 4.79 Å². The fourth-order valence-electron chi connectivity index (χ4n) is 3.31. The summed E-state index contributed by atoms with van der Waals surface area (Å²) in [4.78, 5) is 12.0. The Morgan fingerprint density at radius 1 is 1.33 bits per heavy atom. The molecule has 0 spiro atoms. The first-order chi connectivity index (χ1) is 10.1. The molecule has 1 aromatic carbocycles. The predicted molar refractivity (Wildman–Crippen MR) is 86.9 cm³/mol. The maximum atomic E-state index is 12.0. The fourth-order valence-corrected chi connectivity index (χ4v) is 3.31. The number of benzene rings is 1. The molecular weight excluding hydrogens is 260 g/mol. The number of hydrogen-bond donors (Lipinski definition) is 2. The smallest absolute Gasteiger partial charge is 0.237 e. The highest BCUT2D eigenvalue weighted by molar-refractivity contribution is 5.81. The second-order valence-corrected chi connectivity index (χ2v) is 6.51. The second-order valence-electron chi connectivity index (χ2n) is 6.51. The van der Waals surface area contributed by atoms with Gasteiger partial charge in [-0.05, 0) is 36.7 Å². The molecule has 3 heteroatoms. The van der Waals surface area contributed by atoms with Crippen molar-refractivity contribution >= 4 is 5.91 Å². The lowest BCUT2D eigenvalue weighted by Gasteiger charge is -2.26. The highest BCUT2D eigenvalue weighted by Crippen LogP contribution is 2.30. The highest BCUT2D eigenvalue weighted by atomic mass is 16.2. The number of nitrogens with one attached hydrogen (secondary N) is 1. The first-order valence-corrected chi connectivity index (χ1v) is 8.22. The maximum absolute atomic E-state index is 12.0. The van der Waals surface area contributed by atoms with Crippen molar-refractivity contribution in [1.82, 2.24) is 5.32 Å². The first kappa shape index (κ1) is 16.0. The Bertz CT molecular complexity index is 432. The fraction of sp³-hybridized carbons (Fsp3) is 0.611. The van der Waals surface area contributed by atoms with Crippen LogP contribution in [0.3, 0.4) is 0 Å². The molecule has 0 radical (unpaired) electrons. The van der Waals surface area contributed by atoms with Crippen molar-refractivity contribution in [2.24, 2.45) is 17.6 Å². The molecule has 3 nitrogen and oxygen atoms in total. The van der Waals surface area contributed by atoms with Gasteiger partial charge >= 0.3 is 0 Å². The molecule has 1 amide bonds. The normalized spacial score (nSPS) is 23.5. The van der Waals surface area contributed by atoms with Crippen LogP contribution in [0.15, 0.2) is 30.3 Å². The molecule has 21 heavy (non-hydrogen) atoms. The zero-order valence-corrected chi connectivity index (χ0v) is 13.1. The number of rotatable bonds is 6. The summed E-state index contributed by atoms with van der Waals surface area (Å²) in [6.07, 6.45) is 7.03. The Morgan fingerprint density at radius 2 is 2.10 bits per heavy atom. The Hall–Kier alpha value is -1.35. The summed E-state index contributed by atoms with van der Waals surface area (Å²) in [6.45, 7) is 3.10. The summed E-state index contributed by atoms with van der Waals surface area (Å²) < 4.78 is 0. The van der Waals surface area contributed by atoms with Crippen LogP contribution < -0.4 is 11.1 Å². The highest BCUT2D eigenvalue weighted by Gasteiger charge is 2.19. The lowest BCUT2D eigenvalue weighted by Crippen LogP contribution is -2.42. The van der Waals surface area contributed by atoms with Crippen molar-refractivity contribution in [2.45, 2.75) is 51.5 Å². The van der Waals surface area contributed by atoms with Gasteiger partial charge in [-0.2, -0.15) is 0 Å². The molecule has 0 saturated heterocycles. The molecule has 1 saturated carbocycles. The number of amides is 1. The van der Waals surface area contributed by atoms with E-state index in [1.165, 1.54) is 25.7 Å². The Balaban J connectivity index is 1.67. The molecule has 116 valence electrons. The molecule has 1 aliphatic carbocycles. The van der Waals surface area contributed by atoms with E-state index in [4.69, 9.17) is 5.73 Å². The van der Waals surface area contributed by atoms with Gasteiger partial charge in [0, 0.05) is 6.54 Å². The van der Waals surface area contributed by atoms with Gasteiger partial charge in [-0.3, -0.25) is 4.79 Å². The number of carbonyl (C=O) groups is 1. The average molecular weight is 288 g/mol. The van der Waals surface area contributed by atoms with Crippen LogP contribution in [0.4, 0.5) is 0 Å². The Kier molecular flexibility index (Phi) is 6.24. The van der Waals surface area contributed by atoms with Gasteiger partial charge in [-0.1, -0.05) is 56.5 Å². The van der Waals surface area contributed by atoms with Crippen LogP contribution >= 0.6 is 0 Å². The lowest BCUT2D eigenvalue weighted by molar-refractivity contribution is -0.122. The second kappa shape index (κ2) is 8.18. The molecule has 2 unspecified atom stereocenters. The number of nitrogens with two attached hydrogens (primary N) is 1. The van der Waals surface area contributed by atoms with Crippen LogP contribution in [0, 0.1) is 11.8 Å². The molecule has 2 rings (SSSR count). The van der Waals surface area contributed by atoms with E-state index in [-0.39, 0.29) is 5.91 Å². The summed E-state index contributed by atoms with van der Waals surface area (Å²) in [5, 5.41) is 3.00. The van der Waals surface area contributed by atoms with E-state index in [0.29, 0.717) is 6.42 Å². The lowest BCUT2D eigenvalue weighted by atomic mass is 9.81. The van der Waals surface area contributed by atoms with E-state index < -0.39 is 6.04 Å².